The van der Waals surface area contributed by atoms with Gasteiger partial charge in [-0.3, -0.25) is 4.79 Å². The number of nitrogens with one attached hydrogen (secondary N) is 1. The van der Waals surface area contributed by atoms with E-state index in [4.69, 9.17) is 0 Å². The molecule has 0 aromatic heterocycles. The van der Waals surface area contributed by atoms with Gasteiger partial charge in [0.1, 0.15) is 0 Å². The van der Waals surface area contributed by atoms with Crippen molar-refractivity contribution in [2.24, 2.45) is 0 Å². The molecule has 3 heteroatoms. The van der Waals surface area contributed by atoms with Gasteiger partial charge in [0, 0.05) is 5.25 Å². The van der Waals surface area contributed by atoms with E-state index < -0.39 is 0 Å². The van der Waals surface area contributed by atoms with E-state index in [1.165, 1.54) is 32.1 Å². The largest absolute Gasteiger partial charge is 0.344 e. The van der Waals surface area contributed by atoms with Crippen molar-refractivity contribution in [3.05, 3.63) is 71.8 Å². The Kier molecular flexibility index (Phi) is 6.36. The Morgan fingerprint density at radius 3 is 2.00 bits per heavy atom. The SMILES string of the molecule is O=C(CSC1CCCCC1)NC(c1ccccc1)c1ccccc1. The van der Waals surface area contributed by atoms with Crippen molar-refractivity contribution in [2.75, 3.05) is 5.75 Å². The Balaban J connectivity index is 1.64. The lowest BCUT2D eigenvalue weighted by molar-refractivity contribution is -0.119. The van der Waals surface area contributed by atoms with Gasteiger partial charge in [0.15, 0.2) is 0 Å². The molecular formula is C21H25NOS. The van der Waals surface area contributed by atoms with Crippen LogP contribution in [0.25, 0.3) is 0 Å². The van der Waals surface area contributed by atoms with Crippen LogP contribution < -0.4 is 5.32 Å². The minimum atomic E-state index is -0.0770. The summed E-state index contributed by atoms with van der Waals surface area (Å²) in [5.41, 5.74) is 2.25. The van der Waals surface area contributed by atoms with Gasteiger partial charge in [0.25, 0.3) is 0 Å². The zero-order chi connectivity index (χ0) is 16.6. The third-order valence-electron chi connectivity index (χ3n) is 4.57. The van der Waals surface area contributed by atoms with Gasteiger partial charge in [-0.05, 0) is 24.0 Å². The summed E-state index contributed by atoms with van der Waals surface area (Å²) in [5.74, 6) is 0.684. The molecule has 24 heavy (non-hydrogen) atoms. The lowest BCUT2D eigenvalue weighted by Crippen LogP contribution is -2.31. The maximum atomic E-state index is 12.5. The van der Waals surface area contributed by atoms with Gasteiger partial charge < -0.3 is 5.32 Å². The molecule has 2 aromatic rings. The van der Waals surface area contributed by atoms with Crippen molar-refractivity contribution in [1.82, 2.24) is 5.32 Å². The van der Waals surface area contributed by atoms with Crippen LogP contribution in [0.1, 0.15) is 49.3 Å². The predicted molar refractivity (Wildman–Crippen MR) is 102 cm³/mol. The van der Waals surface area contributed by atoms with E-state index in [0.29, 0.717) is 11.0 Å². The van der Waals surface area contributed by atoms with Crippen molar-refractivity contribution in [1.29, 1.82) is 0 Å². The van der Waals surface area contributed by atoms with Crippen molar-refractivity contribution in [2.45, 2.75) is 43.4 Å². The van der Waals surface area contributed by atoms with Crippen LogP contribution in [0.4, 0.5) is 0 Å². The van der Waals surface area contributed by atoms with Crippen molar-refractivity contribution >= 4 is 17.7 Å². The first-order chi connectivity index (χ1) is 11.8. The Morgan fingerprint density at radius 2 is 1.46 bits per heavy atom. The summed E-state index contributed by atoms with van der Waals surface area (Å²) in [6, 6.07) is 20.3. The fourth-order valence-corrected chi connectivity index (χ4v) is 4.42. The van der Waals surface area contributed by atoms with E-state index in [2.05, 4.69) is 29.6 Å². The van der Waals surface area contributed by atoms with Gasteiger partial charge in [-0.2, -0.15) is 0 Å². The Bertz CT molecular complexity index is 583. The van der Waals surface area contributed by atoms with E-state index >= 15 is 0 Å². The smallest absolute Gasteiger partial charge is 0.230 e. The maximum absolute atomic E-state index is 12.5. The fourth-order valence-electron chi connectivity index (χ4n) is 3.28. The summed E-state index contributed by atoms with van der Waals surface area (Å²) in [5, 5.41) is 3.89. The third-order valence-corrected chi connectivity index (χ3v) is 5.95. The highest BCUT2D eigenvalue weighted by Crippen LogP contribution is 2.28. The second-order valence-corrected chi connectivity index (χ2v) is 7.68. The Hall–Kier alpha value is -1.74. The molecule has 3 rings (SSSR count). The molecule has 1 N–H and O–H groups in total. The number of hydrogen-bond donors (Lipinski definition) is 1. The van der Waals surface area contributed by atoms with Gasteiger partial charge in [-0.25, -0.2) is 0 Å². The first kappa shape index (κ1) is 17.1. The van der Waals surface area contributed by atoms with Crippen molar-refractivity contribution in [3.63, 3.8) is 0 Å². The van der Waals surface area contributed by atoms with E-state index in [1.54, 1.807) is 0 Å². The zero-order valence-corrected chi connectivity index (χ0v) is 14.8. The molecule has 0 heterocycles. The average Bonchev–Trinajstić information content (AvgIpc) is 2.67. The normalized spacial score (nSPS) is 15.4. The molecule has 1 amide bonds. The highest BCUT2D eigenvalue weighted by Gasteiger charge is 2.19. The summed E-state index contributed by atoms with van der Waals surface area (Å²) in [7, 11) is 0. The van der Waals surface area contributed by atoms with Crippen molar-refractivity contribution < 1.29 is 4.79 Å². The molecule has 0 aliphatic heterocycles. The minimum Gasteiger partial charge on any atom is -0.344 e. The number of carbonyl (C=O) groups is 1. The molecular weight excluding hydrogens is 314 g/mol. The summed E-state index contributed by atoms with van der Waals surface area (Å²) in [6.07, 6.45) is 6.51. The number of carbonyl (C=O) groups excluding carboxylic acids is 1. The lowest BCUT2D eigenvalue weighted by atomic mass is 9.99. The minimum absolute atomic E-state index is 0.0770. The average molecular weight is 340 g/mol. The molecule has 0 atom stereocenters. The van der Waals surface area contributed by atoms with E-state index in [-0.39, 0.29) is 11.9 Å². The maximum Gasteiger partial charge on any atom is 0.230 e. The zero-order valence-electron chi connectivity index (χ0n) is 14.0. The second-order valence-electron chi connectivity index (χ2n) is 6.39. The molecule has 2 nitrogen and oxygen atoms in total. The number of rotatable bonds is 6. The molecule has 0 unspecified atom stereocenters. The molecule has 0 spiro atoms. The summed E-state index contributed by atoms with van der Waals surface area (Å²) in [4.78, 5) is 12.5. The van der Waals surface area contributed by atoms with Crippen LogP contribution in [0.5, 0.6) is 0 Å². The van der Waals surface area contributed by atoms with Crippen LogP contribution in [0.15, 0.2) is 60.7 Å². The predicted octanol–water partition coefficient (Wildman–Crippen LogP) is 4.96. The highest BCUT2D eigenvalue weighted by atomic mass is 32.2. The van der Waals surface area contributed by atoms with Gasteiger partial charge >= 0.3 is 0 Å². The molecule has 1 aliphatic carbocycles. The van der Waals surface area contributed by atoms with Crippen LogP contribution >= 0.6 is 11.8 Å². The first-order valence-electron chi connectivity index (χ1n) is 8.84. The highest BCUT2D eigenvalue weighted by molar-refractivity contribution is 8.00. The molecule has 1 saturated carbocycles. The number of amides is 1. The van der Waals surface area contributed by atoms with Crippen LogP contribution in [0, 0.1) is 0 Å². The number of hydrogen-bond acceptors (Lipinski definition) is 2. The first-order valence-corrected chi connectivity index (χ1v) is 9.88. The Morgan fingerprint density at radius 1 is 0.917 bits per heavy atom. The molecule has 1 fully saturated rings. The van der Waals surface area contributed by atoms with Gasteiger partial charge in [0.2, 0.25) is 5.91 Å². The Labute approximate surface area is 149 Å². The summed E-state index contributed by atoms with van der Waals surface area (Å²) >= 11 is 1.83. The van der Waals surface area contributed by atoms with Gasteiger partial charge in [-0.1, -0.05) is 79.9 Å². The fraction of sp³-hybridized carbons (Fsp3) is 0.381. The standard InChI is InChI=1S/C21H25NOS/c23-20(16-24-19-14-8-3-9-15-19)22-21(17-10-4-1-5-11-17)18-12-6-2-7-13-18/h1-2,4-7,10-13,19,21H,3,8-9,14-16H2,(H,22,23). The topological polar surface area (TPSA) is 29.1 Å². The van der Waals surface area contributed by atoms with E-state index in [0.717, 1.165) is 11.1 Å². The number of thioether (sulfide) groups is 1. The third kappa shape index (κ3) is 4.88. The molecule has 126 valence electrons. The molecule has 0 saturated heterocycles. The van der Waals surface area contributed by atoms with Crippen LogP contribution in [-0.4, -0.2) is 16.9 Å². The second kappa shape index (κ2) is 8.93. The lowest BCUT2D eigenvalue weighted by Gasteiger charge is -2.23. The van der Waals surface area contributed by atoms with E-state index in [1.807, 2.05) is 48.2 Å². The van der Waals surface area contributed by atoms with Crippen LogP contribution in [0.2, 0.25) is 0 Å². The number of benzene rings is 2. The quantitative estimate of drug-likeness (QED) is 0.806. The van der Waals surface area contributed by atoms with Crippen molar-refractivity contribution in [3.8, 4) is 0 Å². The van der Waals surface area contributed by atoms with Crippen LogP contribution in [-0.2, 0) is 4.79 Å². The molecule has 0 bridgehead atoms. The van der Waals surface area contributed by atoms with Gasteiger partial charge in [-0.15, -0.1) is 11.8 Å². The molecule has 0 radical (unpaired) electrons. The summed E-state index contributed by atoms with van der Waals surface area (Å²) < 4.78 is 0. The van der Waals surface area contributed by atoms with Crippen LogP contribution in [0.3, 0.4) is 0 Å². The van der Waals surface area contributed by atoms with E-state index in [9.17, 15) is 4.79 Å². The van der Waals surface area contributed by atoms with Gasteiger partial charge in [0.05, 0.1) is 11.8 Å². The summed E-state index contributed by atoms with van der Waals surface area (Å²) in [6.45, 7) is 0. The molecule has 1 aliphatic rings. The monoisotopic (exact) mass is 339 g/mol. The molecule has 2 aromatic carbocycles.